The molecule has 0 saturated carbocycles. The Kier molecular flexibility index (Phi) is 5.45. The van der Waals surface area contributed by atoms with Crippen LogP contribution in [0.2, 0.25) is 0 Å². The Hall–Kier alpha value is -2.67. The van der Waals surface area contributed by atoms with E-state index >= 15 is 0 Å². The molecule has 25 heavy (non-hydrogen) atoms. The normalized spacial score (nSPS) is 10.5. The average molecular weight is 403 g/mol. The van der Waals surface area contributed by atoms with Crippen LogP contribution in [0.4, 0.5) is 0 Å². The zero-order chi connectivity index (χ0) is 17.6. The van der Waals surface area contributed by atoms with Gasteiger partial charge in [-0.1, -0.05) is 45.4 Å². The fourth-order valence-corrected chi connectivity index (χ4v) is 2.58. The SMILES string of the molecule is CCOc1ccccc1C(=O)OCc1nc(-c2cccc(Br)c2)no1. The maximum absolute atomic E-state index is 12.2. The molecule has 0 atom stereocenters. The van der Waals surface area contributed by atoms with Gasteiger partial charge in [-0.2, -0.15) is 4.98 Å². The van der Waals surface area contributed by atoms with E-state index in [9.17, 15) is 4.79 Å². The van der Waals surface area contributed by atoms with Crippen LogP contribution >= 0.6 is 15.9 Å². The number of hydrogen-bond donors (Lipinski definition) is 0. The van der Waals surface area contributed by atoms with E-state index in [0.29, 0.717) is 23.7 Å². The van der Waals surface area contributed by atoms with Crippen molar-refractivity contribution in [3.8, 4) is 17.1 Å². The van der Waals surface area contributed by atoms with Gasteiger partial charge in [-0.05, 0) is 31.2 Å². The van der Waals surface area contributed by atoms with E-state index in [4.69, 9.17) is 14.0 Å². The van der Waals surface area contributed by atoms with Crippen LogP contribution < -0.4 is 4.74 Å². The highest BCUT2D eigenvalue weighted by atomic mass is 79.9. The number of rotatable bonds is 6. The van der Waals surface area contributed by atoms with Gasteiger partial charge >= 0.3 is 5.97 Å². The second-order valence-corrected chi connectivity index (χ2v) is 5.94. The lowest BCUT2D eigenvalue weighted by atomic mass is 10.2. The number of nitrogens with zero attached hydrogens (tertiary/aromatic N) is 2. The van der Waals surface area contributed by atoms with E-state index in [1.54, 1.807) is 24.3 Å². The van der Waals surface area contributed by atoms with Crippen molar-refractivity contribution in [2.45, 2.75) is 13.5 Å². The zero-order valence-electron chi connectivity index (χ0n) is 13.4. The second-order valence-electron chi connectivity index (χ2n) is 5.03. The van der Waals surface area contributed by atoms with Crippen LogP contribution in [0.1, 0.15) is 23.2 Å². The summed E-state index contributed by atoms with van der Waals surface area (Å²) < 4.78 is 16.7. The van der Waals surface area contributed by atoms with Crippen LogP contribution in [-0.4, -0.2) is 22.7 Å². The number of benzene rings is 2. The number of para-hydroxylation sites is 1. The highest BCUT2D eigenvalue weighted by Crippen LogP contribution is 2.22. The monoisotopic (exact) mass is 402 g/mol. The molecule has 0 fully saturated rings. The topological polar surface area (TPSA) is 74.5 Å². The summed E-state index contributed by atoms with van der Waals surface area (Å²) in [4.78, 5) is 16.5. The van der Waals surface area contributed by atoms with Gasteiger partial charge in [0.25, 0.3) is 5.89 Å². The fraction of sp³-hybridized carbons (Fsp3) is 0.167. The summed E-state index contributed by atoms with van der Waals surface area (Å²) in [6.07, 6.45) is 0. The molecule has 0 bridgehead atoms. The highest BCUT2D eigenvalue weighted by Gasteiger charge is 2.16. The van der Waals surface area contributed by atoms with Crippen LogP contribution in [0.25, 0.3) is 11.4 Å². The molecule has 1 heterocycles. The molecule has 0 spiro atoms. The molecule has 128 valence electrons. The molecule has 6 nitrogen and oxygen atoms in total. The molecule has 0 aliphatic rings. The van der Waals surface area contributed by atoms with E-state index in [1.807, 2.05) is 31.2 Å². The molecule has 3 aromatic rings. The van der Waals surface area contributed by atoms with Crippen molar-refractivity contribution >= 4 is 21.9 Å². The fourth-order valence-electron chi connectivity index (χ4n) is 2.18. The van der Waals surface area contributed by atoms with E-state index in [2.05, 4.69) is 26.1 Å². The Labute approximate surface area is 152 Å². The number of hydrogen-bond acceptors (Lipinski definition) is 6. The summed E-state index contributed by atoms with van der Waals surface area (Å²) in [5.74, 6) is 0.626. The number of carbonyl (C=O) groups is 1. The Morgan fingerprint density at radius 3 is 2.84 bits per heavy atom. The number of esters is 1. The molecule has 1 aromatic heterocycles. The molecule has 0 aliphatic carbocycles. The molecule has 0 amide bonds. The van der Waals surface area contributed by atoms with Gasteiger partial charge in [0.2, 0.25) is 5.82 Å². The van der Waals surface area contributed by atoms with E-state index in [1.165, 1.54) is 0 Å². The molecular weight excluding hydrogens is 388 g/mol. The minimum Gasteiger partial charge on any atom is -0.493 e. The van der Waals surface area contributed by atoms with Crippen LogP contribution in [0.5, 0.6) is 5.75 Å². The van der Waals surface area contributed by atoms with Gasteiger partial charge in [-0.15, -0.1) is 0 Å². The molecule has 0 saturated heterocycles. The summed E-state index contributed by atoms with van der Waals surface area (Å²) in [7, 11) is 0. The number of halogens is 1. The van der Waals surface area contributed by atoms with Gasteiger partial charge in [-0.3, -0.25) is 0 Å². The lowest BCUT2D eigenvalue weighted by molar-refractivity contribution is 0.0425. The second kappa shape index (κ2) is 7.94. The Morgan fingerprint density at radius 2 is 2.04 bits per heavy atom. The number of aromatic nitrogens is 2. The first-order chi connectivity index (χ1) is 12.2. The first-order valence-corrected chi connectivity index (χ1v) is 8.44. The number of carbonyl (C=O) groups excluding carboxylic acids is 1. The third-order valence-electron chi connectivity index (χ3n) is 3.28. The Morgan fingerprint density at radius 1 is 1.20 bits per heavy atom. The van der Waals surface area contributed by atoms with Gasteiger partial charge in [0.15, 0.2) is 6.61 Å². The van der Waals surface area contributed by atoms with Gasteiger partial charge < -0.3 is 14.0 Å². The van der Waals surface area contributed by atoms with Crippen molar-refractivity contribution in [1.82, 2.24) is 10.1 Å². The first kappa shape index (κ1) is 17.2. The molecular formula is C18H15BrN2O4. The molecule has 3 rings (SSSR count). The molecule has 0 N–H and O–H groups in total. The predicted molar refractivity (Wildman–Crippen MR) is 94.2 cm³/mol. The Bertz CT molecular complexity index is 879. The average Bonchev–Trinajstić information content (AvgIpc) is 3.09. The van der Waals surface area contributed by atoms with Gasteiger partial charge in [0.05, 0.1) is 6.61 Å². The van der Waals surface area contributed by atoms with Crippen LogP contribution in [-0.2, 0) is 11.3 Å². The standard InChI is InChI=1S/C18H15BrN2O4/c1-2-23-15-9-4-3-8-14(15)18(22)24-11-16-20-17(21-25-16)12-6-5-7-13(19)10-12/h3-10H,2,11H2,1H3. The van der Waals surface area contributed by atoms with E-state index in [-0.39, 0.29) is 12.5 Å². The zero-order valence-corrected chi connectivity index (χ0v) is 15.0. The summed E-state index contributed by atoms with van der Waals surface area (Å²) in [6.45, 7) is 2.20. The van der Waals surface area contributed by atoms with E-state index in [0.717, 1.165) is 10.0 Å². The summed E-state index contributed by atoms with van der Waals surface area (Å²) >= 11 is 3.39. The minimum absolute atomic E-state index is 0.111. The highest BCUT2D eigenvalue weighted by molar-refractivity contribution is 9.10. The van der Waals surface area contributed by atoms with Gasteiger partial charge in [0, 0.05) is 10.0 Å². The third kappa shape index (κ3) is 4.24. The third-order valence-corrected chi connectivity index (χ3v) is 3.78. The van der Waals surface area contributed by atoms with E-state index < -0.39 is 5.97 Å². The molecule has 7 heteroatoms. The number of ether oxygens (including phenoxy) is 2. The van der Waals surface area contributed by atoms with Gasteiger partial charge in [0.1, 0.15) is 11.3 Å². The summed E-state index contributed by atoms with van der Waals surface area (Å²) in [6, 6.07) is 14.4. The van der Waals surface area contributed by atoms with Crippen molar-refractivity contribution in [3.05, 3.63) is 64.5 Å². The minimum atomic E-state index is -0.508. The quantitative estimate of drug-likeness (QED) is 0.573. The summed E-state index contributed by atoms with van der Waals surface area (Å²) in [5, 5.41) is 3.90. The lowest BCUT2D eigenvalue weighted by Crippen LogP contribution is -2.08. The largest absolute Gasteiger partial charge is 0.493 e. The van der Waals surface area contributed by atoms with Crippen molar-refractivity contribution in [1.29, 1.82) is 0 Å². The molecule has 2 aromatic carbocycles. The van der Waals surface area contributed by atoms with Crippen molar-refractivity contribution in [2.75, 3.05) is 6.61 Å². The van der Waals surface area contributed by atoms with Crippen molar-refractivity contribution in [3.63, 3.8) is 0 Å². The van der Waals surface area contributed by atoms with Crippen LogP contribution in [0, 0.1) is 0 Å². The molecule has 0 radical (unpaired) electrons. The van der Waals surface area contributed by atoms with Crippen molar-refractivity contribution in [2.24, 2.45) is 0 Å². The van der Waals surface area contributed by atoms with Crippen LogP contribution in [0.3, 0.4) is 0 Å². The predicted octanol–water partition coefficient (Wildman–Crippen LogP) is 4.25. The maximum Gasteiger partial charge on any atom is 0.342 e. The smallest absolute Gasteiger partial charge is 0.342 e. The first-order valence-electron chi connectivity index (χ1n) is 7.65. The van der Waals surface area contributed by atoms with Crippen molar-refractivity contribution < 1.29 is 18.8 Å². The lowest BCUT2D eigenvalue weighted by Gasteiger charge is -2.08. The van der Waals surface area contributed by atoms with Gasteiger partial charge in [-0.25, -0.2) is 4.79 Å². The summed E-state index contributed by atoms with van der Waals surface area (Å²) in [5.41, 5.74) is 1.16. The maximum atomic E-state index is 12.2. The van der Waals surface area contributed by atoms with Crippen LogP contribution in [0.15, 0.2) is 57.5 Å². The molecule has 0 aliphatic heterocycles. The Balaban J connectivity index is 1.67. The molecule has 0 unspecified atom stereocenters.